The van der Waals surface area contributed by atoms with Gasteiger partial charge in [-0.2, -0.15) is 26.3 Å². The van der Waals surface area contributed by atoms with Crippen LogP contribution in [0.3, 0.4) is 0 Å². The van der Waals surface area contributed by atoms with Gasteiger partial charge in [-0.05, 0) is 48.5 Å². The Kier molecular flexibility index (Phi) is 7.50. The topological polar surface area (TPSA) is 99.9 Å². The molecule has 0 saturated heterocycles. The Bertz CT molecular complexity index is 1340. The van der Waals surface area contributed by atoms with Crippen LogP contribution in [-0.4, -0.2) is 25.1 Å². The molecular formula is C23H16F6N2O6. The molecule has 0 spiro atoms. The number of hydrogen-bond donors (Lipinski definition) is 1. The van der Waals surface area contributed by atoms with Crippen molar-refractivity contribution in [3.8, 4) is 23.0 Å². The molecule has 0 saturated carbocycles. The number of hydrogen-bond acceptors (Lipinski definition) is 6. The van der Waals surface area contributed by atoms with Gasteiger partial charge in [0, 0.05) is 11.6 Å². The molecule has 0 fully saturated rings. The summed E-state index contributed by atoms with van der Waals surface area (Å²) in [6.07, 6.45) is -9.49. The molecule has 196 valence electrons. The van der Waals surface area contributed by atoms with E-state index in [1.165, 1.54) is 20.3 Å². The maximum Gasteiger partial charge on any atom is 0.416 e. The van der Waals surface area contributed by atoms with Crippen LogP contribution >= 0.6 is 0 Å². The smallest absolute Gasteiger partial charge is 0.416 e. The zero-order valence-electron chi connectivity index (χ0n) is 18.9. The van der Waals surface area contributed by atoms with Gasteiger partial charge in [0.2, 0.25) is 5.75 Å². The molecule has 1 N–H and O–H groups in total. The highest BCUT2D eigenvalue weighted by atomic mass is 19.4. The summed E-state index contributed by atoms with van der Waals surface area (Å²) in [5, 5.41) is 13.6. The molecule has 0 heterocycles. The van der Waals surface area contributed by atoms with Crippen LogP contribution < -0.4 is 19.5 Å². The quantitative estimate of drug-likeness (QED) is 0.208. The first-order valence-electron chi connectivity index (χ1n) is 10.0. The van der Waals surface area contributed by atoms with E-state index in [4.69, 9.17) is 14.2 Å². The number of nitrogens with zero attached hydrogens (tertiary/aromatic N) is 1. The SMILES string of the molecule is COc1ccc(C(F)(F)F)cc1NC(=O)c1ccc(Oc2ccc(C(F)(F)F)cc2[N+](=O)[O-])c(OC)c1. The summed E-state index contributed by atoms with van der Waals surface area (Å²) in [4.78, 5) is 23.0. The highest BCUT2D eigenvalue weighted by molar-refractivity contribution is 6.05. The third-order valence-electron chi connectivity index (χ3n) is 4.90. The highest BCUT2D eigenvalue weighted by Crippen LogP contribution is 2.40. The molecule has 3 aromatic carbocycles. The first-order valence-corrected chi connectivity index (χ1v) is 10.0. The molecular weight excluding hydrogens is 514 g/mol. The summed E-state index contributed by atoms with van der Waals surface area (Å²) in [5.74, 6) is -1.75. The number of methoxy groups -OCH3 is 2. The van der Waals surface area contributed by atoms with Gasteiger partial charge in [0.15, 0.2) is 11.5 Å². The fourth-order valence-corrected chi connectivity index (χ4v) is 3.11. The van der Waals surface area contributed by atoms with E-state index < -0.39 is 45.7 Å². The Labute approximate surface area is 204 Å². The number of benzene rings is 3. The average molecular weight is 530 g/mol. The Balaban J connectivity index is 1.91. The molecule has 37 heavy (non-hydrogen) atoms. The lowest BCUT2D eigenvalue weighted by atomic mass is 10.1. The molecule has 3 aromatic rings. The van der Waals surface area contributed by atoms with E-state index in [0.29, 0.717) is 18.2 Å². The number of amides is 1. The van der Waals surface area contributed by atoms with E-state index in [2.05, 4.69) is 5.32 Å². The van der Waals surface area contributed by atoms with Gasteiger partial charge >= 0.3 is 18.0 Å². The van der Waals surface area contributed by atoms with Crippen LogP contribution in [0.1, 0.15) is 21.5 Å². The number of carbonyl (C=O) groups excluding carboxylic acids is 1. The third kappa shape index (κ3) is 6.20. The van der Waals surface area contributed by atoms with Crippen molar-refractivity contribution in [3.63, 3.8) is 0 Å². The van der Waals surface area contributed by atoms with Crippen molar-refractivity contribution in [1.29, 1.82) is 0 Å². The molecule has 14 heteroatoms. The minimum absolute atomic E-state index is 0.0390. The molecule has 0 bridgehead atoms. The van der Waals surface area contributed by atoms with Gasteiger partial charge in [0.25, 0.3) is 5.91 Å². The van der Waals surface area contributed by atoms with Crippen molar-refractivity contribution in [2.75, 3.05) is 19.5 Å². The molecule has 0 unspecified atom stereocenters. The predicted molar refractivity (Wildman–Crippen MR) is 117 cm³/mol. The van der Waals surface area contributed by atoms with Gasteiger partial charge in [-0.15, -0.1) is 0 Å². The van der Waals surface area contributed by atoms with E-state index in [1.54, 1.807) is 0 Å². The van der Waals surface area contributed by atoms with Crippen molar-refractivity contribution in [2.24, 2.45) is 0 Å². The summed E-state index contributed by atoms with van der Waals surface area (Å²) in [5.41, 5.74) is -3.61. The second-order valence-corrected chi connectivity index (χ2v) is 7.27. The Morgan fingerprint density at radius 2 is 1.32 bits per heavy atom. The Hall–Kier alpha value is -4.49. The van der Waals surface area contributed by atoms with Crippen molar-refractivity contribution in [2.45, 2.75) is 12.4 Å². The van der Waals surface area contributed by atoms with E-state index in [9.17, 15) is 41.3 Å². The standard InChI is InChI=1S/C23H16F6N2O6/c1-35-17-7-4-13(22(24,25)26)10-15(17)30-21(32)12-3-6-19(20(9-12)36-2)37-18-8-5-14(23(27,28)29)11-16(18)31(33)34/h3-11H,1-2H3,(H,30,32). The number of nitro groups is 1. The largest absolute Gasteiger partial charge is 0.495 e. The predicted octanol–water partition coefficient (Wildman–Crippen LogP) is 6.69. The minimum atomic E-state index is -4.82. The second kappa shape index (κ2) is 10.2. The first-order chi connectivity index (χ1) is 17.2. The van der Waals surface area contributed by atoms with Crippen molar-refractivity contribution < 1.29 is 50.3 Å². The lowest BCUT2D eigenvalue weighted by Crippen LogP contribution is -2.14. The Morgan fingerprint density at radius 1 is 0.784 bits per heavy atom. The molecule has 0 aliphatic carbocycles. The zero-order valence-corrected chi connectivity index (χ0v) is 18.9. The average Bonchev–Trinajstić information content (AvgIpc) is 2.83. The summed E-state index contributed by atoms with van der Waals surface area (Å²) in [7, 11) is 2.37. The van der Waals surface area contributed by atoms with Crippen molar-refractivity contribution in [3.05, 3.63) is 81.4 Å². The molecule has 0 atom stereocenters. The van der Waals surface area contributed by atoms with E-state index in [0.717, 1.165) is 30.3 Å². The molecule has 0 radical (unpaired) electrons. The molecule has 1 amide bonds. The number of nitrogens with one attached hydrogen (secondary N) is 1. The van der Waals surface area contributed by atoms with Crippen LogP contribution in [0, 0.1) is 10.1 Å². The number of halogens is 6. The van der Waals surface area contributed by atoms with Gasteiger partial charge in [-0.1, -0.05) is 0 Å². The van der Waals surface area contributed by atoms with Crippen molar-refractivity contribution >= 4 is 17.3 Å². The Morgan fingerprint density at radius 3 is 1.86 bits per heavy atom. The zero-order chi connectivity index (χ0) is 27.5. The monoisotopic (exact) mass is 530 g/mol. The van der Waals surface area contributed by atoms with Gasteiger partial charge in [0.05, 0.1) is 36.0 Å². The van der Waals surface area contributed by atoms with Crippen LogP contribution in [0.2, 0.25) is 0 Å². The van der Waals surface area contributed by atoms with Gasteiger partial charge < -0.3 is 19.5 Å². The van der Waals surface area contributed by atoms with Crippen LogP contribution in [0.25, 0.3) is 0 Å². The fraction of sp³-hybridized carbons (Fsp3) is 0.174. The number of carbonyl (C=O) groups is 1. The molecule has 0 aliphatic heterocycles. The van der Waals surface area contributed by atoms with Crippen LogP contribution in [0.5, 0.6) is 23.0 Å². The summed E-state index contributed by atoms with van der Waals surface area (Å²) >= 11 is 0. The maximum absolute atomic E-state index is 13.1. The van der Waals surface area contributed by atoms with Gasteiger partial charge in [0.1, 0.15) is 5.75 Å². The molecule has 0 aromatic heterocycles. The molecule has 8 nitrogen and oxygen atoms in total. The number of alkyl halides is 6. The third-order valence-corrected chi connectivity index (χ3v) is 4.90. The second-order valence-electron chi connectivity index (χ2n) is 7.27. The van der Waals surface area contributed by atoms with E-state index in [-0.39, 0.29) is 28.5 Å². The van der Waals surface area contributed by atoms with Crippen LogP contribution in [0.15, 0.2) is 54.6 Å². The number of anilines is 1. The normalized spacial score (nSPS) is 11.6. The fourth-order valence-electron chi connectivity index (χ4n) is 3.11. The number of ether oxygens (including phenoxy) is 3. The lowest BCUT2D eigenvalue weighted by Gasteiger charge is -2.15. The highest BCUT2D eigenvalue weighted by Gasteiger charge is 2.34. The van der Waals surface area contributed by atoms with Gasteiger partial charge in [-0.3, -0.25) is 14.9 Å². The van der Waals surface area contributed by atoms with Crippen LogP contribution in [-0.2, 0) is 12.4 Å². The number of nitro benzene ring substituents is 1. The molecule has 3 rings (SSSR count). The summed E-state index contributed by atoms with van der Waals surface area (Å²) in [6, 6.07) is 7.63. The van der Waals surface area contributed by atoms with Gasteiger partial charge in [-0.25, -0.2) is 0 Å². The number of rotatable bonds is 7. The van der Waals surface area contributed by atoms with Crippen LogP contribution in [0.4, 0.5) is 37.7 Å². The minimum Gasteiger partial charge on any atom is -0.495 e. The van der Waals surface area contributed by atoms with E-state index >= 15 is 0 Å². The van der Waals surface area contributed by atoms with E-state index in [1.807, 2.05) is 0 Å². The molecule has 0 aliphatic rings. The summed E-state index contributed by atoms with van der Waals surface area (Å²) < 4.78 is 93.5. The maximum atomic E-state index is 13.1. The summed E-state index contributed by atoms with van der Waals surface area (Å²) in [6.45, 7) is 0. The lowest BCUT2D eigenvalue weighted by molar-refractivity contribution is -0.385. The van der Waals surface area contributed by atoms with Crippen molar-refractivity contribution in [1.82, 2.24) is 0 Å². The first kappa shape index (κ1) is 27.1.